The Bertz CT molecular complexity index is 318. The van der Waals surface area contributed by atoms with Gasteiger partial charge in [-0.25, -0.2) is 4.68 Å². The van der Waals surface area contributed by atoms with E-state index in [1.165, 1.54) is 4.68 Å². The van der Waals surface area contributed by atoms with E-state index >= 15 is 0 Å². The quantitative estimate of drug-likeness (QED) is 0.827. The number of alkyl halides is 3. The summed E-state index contributed by atoms with van der Waals surface area (Å²) in [5.74, 6) is 0. The second-order valence-corrected chi connectivity index (χ2v) is 5.36. The van der Waals surface area contributed by atoms with E-state index < -0.39 is 3.79 Å². The zero-order chi connectivity index (χ0) is 10.9. The fraction of sp³-hybridized carbons (Fsp3) is 0.714. The summed E-state index contributed by atoms with van der Waals surface area (Å²) in [7, 11) is 0. The molecule has 1 aromatic heterocycles. The first kappa shape index (κ1) is 12.0. The van der Waals surface area contributed by atoms with Gasteiger partial charge in [-0.05, 0) is 13.8 Å². The molecule has 0 saturated heterocycles. The van der Waals surface area contributed by atoms with E-state index in [9.17, 15) is 0 Å². The third-order valence-electron chi connectivity index (χ3n) is 1.67. The summed E-state index contributed by atoms with van der Waals surface area (Å²) in [6.45, 7) is 3.47. The molecule has 7 heteroatoms. The molecule has 0 radical (unpaired) electrons. The Labute approximate surface area is 96.8 Å². The molecular weight excluding hydrogens is 248 g/mol. The first-order valence-corrected chi connectivity index (χ1v) is 5.13. The Hall–Kier alpha value is -0.0300. The number of hydrogen-bond donors (Lipinski definition) is 1. The molecule has 0 bridgehead atoms. The van der Waals surface area contributed by atoms with Gasteiger partial charge in [0.2, 0.25) is 3.79 Å². The van der Waals surface area contributed by atoms with Crippen LogP contribution >= 0.6 is 34.8 Å². The van der Waals surface area contributed by atoms with Gasteiger partial charge in [0.05, 0.1) is 6.61 Å². The Morgan fingerprint density at radius 3 is 2.36 bits per heavy atom. The summed E-state index contributed by atoms with van der Waals surface area (Å²) >= 11 is 17.3. The van der Waals surface area contributed by atoms with Gasteiger partial charge in [-0.3, -0.25) is 0 Å². The highest BCUT2D eigenvalue weighted by molar-refractivity contribution is 6.66. The summed E-state index contributed by atoms with van der Waals surface area (Å²) in [5.41, 5.74) is 0.610. The molecule has 0 aliphatic carbocycles. The van der Waals surface area contributed by atoms with E-state index in [0.29, 0.717) is 11.4 Å². The first-order chi connectivity index (χ1) is 6.38. The molecule has 0 atom stereocenters. The predicted molar refractivity (Wildman–Crippen MR) is 55.6 cm³/mol. The lowest BCUT2D eigenvalue weighted by molar-refractivity contribution is 0.275. The second kappa shape index (κ2) is 4.23. The largest absolute Gasteiger partial charge is 0.390 e. The van der Waals surface area contributed by atoms with Crippen LogP contribution in [0.3, 0.4) is 0 Å². The number of hydrogen-bond acceptors (Lipinski definition) is 3. The van der Waals surface area contributed by atoms with Crippen molar-refractivity contribution in [2.75, 3.05) is 0 Å². The number of nitrogens with zero attached hydrogens (tertiary/aromatic N) is 3. The molecule has 80 valence electrons. The van der Waals surface area contributed by atoms with E-state index in [2.05, 4.69) is 10.3 Å². The predicted octanol–water partition coefficient (Wildman–Crippen LogP) is 2.18. The van der Waals surface area contributed by atoms with Gasteiger partial charge in [0, 0.05) is 6.04 Å². The molecule has 0 aromatic carbocycles. The van der Waals surface area contributed by atoms with Crippen molar-refractivity contribution in [1.82, 2.24) is 15.0 Å². The van der Waals surface area contributed by atoms with Crippen LogP contribution in [0.4, 0.5) is 0 Å². The summed E-state index contributed by atoms with van der Waals surface area (Å²) in [4.78, 5) is 0. The number of aromatic nitrogens is 3. The fourth-order valence-corrected chi connectivity index (χ4v) is 1.67. The molecule has 0 aliphatic heterocycles. The average Bonchev–Trinajstić information content (AvgIpc) is 2.45. The molecule has 1 heterocycles. The summed E-state index contributed by atoms with van der Waals surface area (Å²) in [6, 6.07) is 0.0217. The summed E-state index contributed by atoms with van der Waals surface area (Å²) in [5, 5.41) is 16.5. The van der Waals surface area contributed by atoms with Crippen LogP contribution in [0.5, 0.6) is 0 Å². The third-order valence-corrected chi connectivity index (χ3v) is 2.21. The third kappa shape index (κ3) is 2.31. The molecule has 0 aliphatic rings. The van der Waals surface area contributed by atoms with Crippen LogP contribution in [-0.2, 0) is 10.4 Å². The molecule has 4 nitrogen and oxygen atoms in total. The van der Waals surface area contributed by atoms with Gasteiger partial charge in [0.15, 0.2) is 0 Å². The highest BCUT2D eigenvalue weighted by atomic mass is 35.6. The lowest BCUT2D eigenvalue weighted by Crippen LogP contribution is -2.15. The lowest BCUT2D eigenvalue weighted by Gasteiger charge is -2.16. The molecule has 1 N–H and O–H groups in total. The van der Waals surface area contributed by atoms with Crippen LogP contribution in [0.2, 0.25) is 0 Å². The zero-order valence-corrected chi connectivity index (χ0v) is 9.97. The normalized spacial score (nSPS) is 12.5. The second-order valence-electron chi connectivity index (χ2n) is 3.08. The maximum atomic E-state index is 8.99. The van der Waals surface area contributed by atoms with Crippen LogP contribution in [0.15, 0.2) is 0 Å². The molecule has 0 unspecified atom stereocenters. The highest BCUT2D eigenvalue weighted by Crippen LogP contribution is 2.40. The maximum Gasteiger partial charge on any atom is 0.234 e. The van der Waals surface area contributed by atoms with Crippen molar-refractivity contribution < 1.29 is 5.11 Å². The van der Waals surface area contributed by atoms with Gasteiger partial charge in [0.1, 0.15) is 11.4 Å². The summed E-state index contributed by atoms with van der Waals surface area (Å²) < 4.78 is -0.135. The number of rotatable bonds is 2. The van der Waals surface area contributed by atoms with E-state index in [1.54, 1.807) is 0 Å². The average molecular weight is 259 g/mol. The maximum absolute atomic E-state index is 8.99. The minimum Gasteiger partial charge on any atom is -0.390 e. The van der Waals surface area contributed by atoms with E-state index in [0.717, 1.165) is 0 Å². The van der Waals surface area contributed by atoms with E-state index in [4.69, 9.17) is 39.9 Å². The van der Waals surface area contributed by atoms with Crippen molar-refractivity contribution in [3.8, 4) is 0 Å². The topological polar surface area (TPSA) is 50.9 Å². The van der Waals surface area contributed by atoms with Crippen molar-refractivity contribution in [2.45, 2.75) is 30.3 Å². The fourth-order valence-electron chi connectivity index (χ4n) is 1.09. The smallest absolute Gasteiger partial charge is 0.234 e. The zero-order valence-electron chi connectivity index (χ0n) is 7.71. The van der Waals surface area contributed by atoms with Gasteiger partial charge in [0.25, 0.3) is 0 Å². The van der Waals surface area contributed by atoms with Crippen molar-refractivity contribution in [3.63, 3.8) is 0 Å². The van der Waals surface area contributed by atoms with Gasteiger partial charge in [-0.15, -0.1) is 5.10 Å². The van der Waals surface area contributed by atoms with Crippen LogP contribution in [0, 0.1) is 0 Å². The van der Waals surface area contributed by atoms with Crippen LogP contribution in [0.1, 0.15) is 31.3 Å². The molecule has 14 heavy (non-hydrogen) atoms. The molecule has 1 aromatic rings. The van der Waals surface area contributed by atoms with Gasteiger partial charge in [-0.2, -0.15) is 0 Å². The van der Waals surface area contributed by atoms with Crippen molar-refractivity contribution in [1.29, 1.82) is 0 Å². The Morgan fingerprint density at radius 2 is 2.00 bits per heavy atom. The minimum atomic E-state index is -1.62. The van der Waals surface area contributed by atoms with Crippen molar-refractivity contribution in [3.05, 3.63) is 11.4 Å². The van der Waals surface area contributed by atoms with Crippen molar-refractivity contribution in [2.24, 2.45) is 0 Å². The van der Waals surface area contributed by atoms with E-state index in [-0.39, 0.29) is 12.6 Å². The monoisotopic (exact) mass is 257 g/mol. The SMILES string of the molecule is CC(C)n1nnc(CO)c1C(Cl)(Cl)Cl. The molecular formula is C7H10Cl3N3O. The van der Waals surface area contributed by atoms with Crippen LogP contribution in [0.25, 0.3) is 0 Å². The standard InChI is InChI=1S/C7H10Cl3N3O/c1-4(2)13-6(7(8,9)10)5(3-14)11-12-13/h4,14H,3H2,1-2H3. The summed E-state index contributed by atoms with van der Waals surface area (Å²) in [6.07, 6.45) is 0. The van der Waals surface area contributed by atoms with Crippen molar-refractivity contribution >= 4 is 34.8 Å². The van der Waals surface area contributed by atoms with Gasteiger partial charge < -0.3 is 5.11 Å². The molecule has 0 saturated carbocycles. The minimum absolute atomic E-state index is 0.0217. The molecule has 0 fully saturated rings. The Balaban J connectivity index is 3.27. The highest BCUT2D eigenvalue weighted by Gasteiger charge is 2.32. The molecule has 0 spiro atoms. The Morgan fingerprint density at radius 1 is 1.43 bits per heavy atom. The number of aliphatic hydroxyl groups excluding tert-OH is 1. The number of aliphatic hydroxyl groups is 1. The molecule has 0 amide bonds. The first-order valence-electron chi connectivity index (χ1n) is 4.00. The van der Waals surface area contributed by atoms with Gasteiger partial charge in [-0.1, -0.05) is 40.0 Å². The van der Waals surface area contributed by atoms with E-state index in [1.807, 2.05) is 13.8 Å². The Kier molecular flexibility index (Phi) is 3.63. The van der Waals surface area contributed by atoms with Crippen LogP contribution in [-0.4, -0.2) is 20.1 Å². The lowest BCUT2D eigenvalue weighted by atomic mass is 10.3. The molecule has 1 rings (SSSR count). The number of halogens is 3. The van der Waals surface area contributed by atoms with Crippen LogP contribution < -0.4 is 0 Å². The van der Waals surface area contributed by atoms with Gasteiger partial charge >= 0.3 is 0 Å².